The van der Waals surface area contributed by atoms with Crippen LogP contribution in [-0.4, -0.2) is 14.7 Å². The van der Waals surface area contributed by atoms with Gasteiger partial charge in [-0.25, -0.2) is 13.1 Å². The monoisotopic (exact) mass is 225 g/mol. The Morgan fingerprint density at radius 2 is 2.20 bits per heavy atom. The van der Waals surface area contributed by atoms with E-state index in [0.717, 1.165) is 11.8 Å². The average molecular weight is 225 g/mol. The molecule has 1 aromatic carbocycles. The van der Waals surface area contributed by atoms with Crippen LogP contribution < -0.4 is 10.0 Å². The van der Waals surface area contributed by atoms with E-state index in [9.17, 15) is 8.42 Å². The molecule has 0 atom stereocenters. The third kappa shape index (κ3) is 4.44. The molecule has 1 aromatic rings. The Morgan fingerprint density at radius 3 is 2.80 bits per heavy atom. The quantitative estimate of drug-likeness (QED) is 0.581. The molecule has 5 nitrogen and oxygen atoms in total. The first-order chi connectivity index (χ1) is 7.01. The number of nitriles is 1. The molecule has 80 valence electrons. The summed E-state index contributed by atoms with van der Waals surface area (Å²) in [5, 5.41) is 10.9. The molecule has 0 fully saturated rings. The molecular weight excluding hydrogens is 214 g/mol. The Bertz CT molecular complexity index is 476. The smallest absolute Gasteiger partial charge is 0.209 e. The van der Waals surface area contributed by atoms with Crippen LogP contribution in [0.2, 0.25) is 0 Å². The second-order valence-corrected chi connectivity index (χ2v) is 4.86. The topological polar surface area (TPSA) is 82.0 Å². The zero-order valence-electron chi connectivity index (χ0n) is 8.19. The Hall–Kier alpha value is -1.58. The van der Waals surface area contributed by atoms with Gasteiger partial charge in [-0.2, -0.15) is 5.26 Å². The minimum Gasteiger partial charge on any atom is -0.293 e. The van der Waals surface area contributed by atoms with E-state index in [1.807, 2.05) is 0 Å². The van der Waals surface area contributed by atoms with Crippen LogP contribution in [0.5, 0.6) is 0 Å². The summed E-state index contributed by atoms with van der Waals surface area (Å²) in [5.74, 6) is 0. The van der Waals surface area contributed by atoms with Crippen molar-refractivity contribution in [3.8, 4) is 6.19 Å². The van der Waals surface area contributed by atoms with Crippen LogP contribution in [0.25, 0.3) is 0 Å². The summed E-state index contributed by atoms with van der Waals surface area (Å²) in [6.07, 6.45) is 2.90. The van der Waals surface area contributed by atoms with Gasteiger partial charge in [0.2, 0.25) is 10.0 Å². The van der Waals surface area contributed by atoms with E-state index in [-0.39, 0.29) is 6.54 Å². The van der Waals surface area contributed by atoms with Crippen LogP contribution in [0.15, 0.2) is 24.3 Å². The maximum Gasteiger partial charge on any atom is 0.209 e. The number of hydrogen-bond acceptors (Lipinski definition) is 4. The van der Waals surface area contributed by atoms with E-state index in [4.69, 9.17) is 5.26 Å². The van der Waals surface area contributed by atoms with Gasteiger partial charge < -0.3 is 0 Å². The summed E-state index contributed by atoms with van der Waals surface area (Å²) < 4.78 is 24.0. The molecule has 0 radical (unpaired) electrons. The second-order valence-electron chi connectivity index (χ2n) is 3.03. The third-order valence-electron chi connectivity index (χ3n) is 1.67. The Morgan fingerprint density at radius 1 is 1.47 bits per heavy atom. The third-order valence-corrected chi connectivity index (χ3v) is 2.33. The first-order valence-electron chi connectivity index (χ1n) is 4.20. The van der Waals surface area contributed by atoms with Gasteiger partial charge in [0, 0.05) is 12.2 Å². The van der Waals surface area contributed by atoms with E-state index >= 15 is 0 Å². The minimum absolute atomic E-state index is 0.222. The average Bonchev–Trinajstić information content (AvgIpc) is 2.15. The summed E-state index contributed by atoms with van der Waals surface area (Å²) in [6.45, 7) is 0.222. The maximum absolute atomic E-state index is 10.8. The summed E-state index contributed by atoms with van der Waals surface area (Å²) in [7, 11) is -3.18. The molecule has 0 spiro atoms. The molecule has 0 bridgehead atoms. The van der Waals surface area contributed by atoms with Gasteiger partial charge >= 0.3 is 0 Å². The SMILES string of the molecule is CS(=O)(=O)NCc1cccc(NC#N)c1. The first kappa shape index (κ1) is 11.5. The lowest BCUT2D eigenvalue weighted by atomic mass is 10.2. The highest BCUT2D eigenvalue weighted by atomic mass is 32.2. The van der Waals surface area contributed by atoms with Crippen LogP contribution in [0.4, 0.5) is 5.69 Å². The Labute approximate surface area is 88.8 Å². The molecule has 0 heterocycles. The van der Waals surface area contributed by atoms with Crippen molar-refractivity contribution in [3.05, 3.63) is 29.8 Å². The summed E-state index contributed by atoms with van der Waals surface area (Å²) in [4.78, 5) is 0. The van der Waals surface area contributed by atoms with Gasteiger partial charge in [-0.15, -0.1) is 0 Å². The molecule has 0 unspecified atom stereocenters. The molecule has 0 saturated carbocycles. The highest BCUT2D eigenvalue weighted by molar-refractivity contribution is 7.88. The van der Waals surface area contributed by atoms with Gasteiger partial charge in [-0.1, -0.05) is 12.1 Å². The summed E-state index contributed by atoms with van der Waals surface area (Å²) in [6, 6.07) is 6.97. The van der Waals surface area contributed by atoms with Crippen molar-refractivity contribution < 1.29 is 8.42 Å². The lowest BCUT2D eigenvalue weighted by Gasteiger charge is -2.04. The molecule has 1 rings (SSSR count). The van der Waals surface area contributed by atoms with Gasteiger partial charge in [-0.3, -0.25) is 5.32 Å². The van der Waals surface area contributed by atoms with Crippen LogP contribution >= 0.6 is 0 Å². The van der Waals surface area contributed by atoms with Gasteiger partial charge in [0.15, 0.2) is 6.19 Å². The molecular formula is C9H11N3O2S. The molecule has 6 heteroatoms. The van der Waals surface area contributed by atoms with Crippen molar-refractivity contribution >= 4 is 15.7 Å². The van der Waals surface area contributed by atoms with E-state index in [0.29, 0.717) is 5.69 Å². The number of rotatable bonds is 4. The van der Waals surface area contributed by atoms with Crippen molar-refractivity contribution in [2.45, 2.75) is 6.54 Å². The fraction of sp³-hybridized carbons (Fsp3) is 0.222. The molecule has 0 aliphatic carbocycles. The van der Waals surface area contributed by atoms with Gasteiger partial charge in [-0.05, 0) is 17.7 Å². The zero-order valence-corrected chi connectivity index (χ0v) is 9.00. The number of nitrogens with zero attached hydrogens (tertiary/aromatic N) is 1. The Kier molecular flexibility index (Phi) is 3.66. The van der Waals surface area contributed by atoms with Gasteiger partial charge in [0.25, 0.3) is 0 Å². The molecule has 0 aliphatic rings. The van der Waals surface area contributed by atoms with E-state index in [1.165, 1.54) is 0 Å². The largest absolute Gasteiger partial charge is 0.293 e. The normalized spacial score (nSPS) is 10.7. The highest BCUT2D eigenvalue weighted by Gasteiger charge is 2.01. The number of anilines is 1. The van der Waals surface area contributed by atoms with E-state index in [1.54, 1.807) is 30.5 Å². The minimum atomic E-state index is -3.18. The molecule has 15 heavy (non-hydrogen) atoms. The predicted molar refractivity (Wildman–Crippen MR) is 57.4 cm³/mol. The van der Waals surface area contributed by atoms with Gasteiger partial charge in [0.1, 0.15) is 0 Å². The molecule has 0 aliphatic heterocycles. The van der Waals surface area contributed by atoms with Crippen molar-refractivity contribution in [3.63, 3.8) is 0 Å². The lowest BCUT2D eigenvalue weighted by Crippen LogP contribution is -2.21. The molecule has 0 saturated heterocycles. The first-order valence-corrected chi connectivity index (χ1v) is 6.09. The maximum atomic E-state index is 10.8. The summed E-state index contributed by atoms with van der Waals surface area (Å²) >= 11 is 0. The number of benzene rings is 1. The fourth-order valence-corrected chi connectivity index (χ4v) is 1.47. The van der Waals surface area contributed by atoms with Crippen molar-refractivity contribution in [1.29, 1.82) is 5.26 Å². The predicted octanol–water partition coefficient (Wildman–Crippen LogP) is 0.629. The van der Waals surface area contributed by atoms with E-state index < -0.39 is 10.0 Å². The number of nitrogens with one attached hydrogen (secondary N) is 2. The van der Waals surface area contributed by atoms with Crippen LogP contribution in [0.1, 0.15) is 5.56 Å². The standard InChI is InChI=1S/C9H11N3O2S/c1-15(13,14)12-6-8-3-2-4-9(5-8)11-7-10/h2-5,11-12H,6H2,1H3. The Balaban J connectivity index is 2.71. The van der Waals surface area contributed by atoms with E-state index in [2.05, 4.69) is 10.0 Å². The van der Waals surface area contributed by atoms with Crippen LogP contribution in [0.3, 0.4) is 0 Å². The molecule has 0 amide bonds. The molecule has 2 N–H and O–H groups in total. The number of hydrogen-bond donors (Lipinski definition) is 2. The fourth-order valence-electron chi connectivity index (χ4n) is 1.04. The lowest BCUT2D eigenvalue weighted by molar-refractivity contribution is 0.587. The number of sulfonamides is 1. The highest BCUT2D eigenvalue weighted by Crippen LogP contribution is 2.09. The van der Waals surface area contributed by atoms with Gasteiger partial charge in [0.05, 0.1) is 6.26 Å². The zero-order chi connectivity index (χ0) is 11.3. The van der Waals surface area contributed by atoms with Crippen LogP contribution in [-0.2, 0) is 16.6 Å². The van der Waals surface area contributed by atoms with Crippen molar-refractivity contribution in [2.24, 2.45) is 0 Å². The van der Waals surface area contributed by atoms with Crippen molar-refractivity contribution in [2.75, 3.05) is 11.6 Å². The van der Waals surface area contributed by atoms with Crippen LogP contribution in [0, 0.1) is 11.5 Å². The van der Waals surface area contributed by atoms with Crippen molar-refractivity contribution in [1.82, 2.24) is 4.72 Å². The summed E-state index contributed by atoms with van der Waals surface area (Å²) in [5.41, 5.74) is 1.44. The molecule has 0 aromatic heterocycles. The second kappa shape index (κ2) is 4.77.